The van der Waals surface area contributed by atoms with Crippen LogP contribution < -0.4 is 50.0 Å². The molecule has 1 aliphatic heterocycles. The van der Waals surface area contributed by atoms with Crippen molar-refractivity contribution in [2.24, 2.45) is 0 Å². The predicted octanol–water partition coefficient (Wildman–Crippen LogP) is -6.64. The molecule has 0 spiro atoms. The Balaban J connectivity index is 0.00000280. The summed E-state index contributed by atoms with van der Waals surface area (Å²) in [4.78, 5) is 43.7. The van der Waals surface area contributed by atoms with Crippen LogP contribution in [0.5, 0.6) is 0 Å². The Labute approximate surface area is 178 Å². The summed E-state index contributed by atoms with van der Waals surface area (Å²) in [6.45, 7) is -0.931. The maximum absolute atomic E-state index is 11.3. The van der Waals surface area contributed by atoms with E-state index in [-0.39, 0.29) is 46.5 Å². The minimum atomic E-state index is -5.85. The molecule has 0 saturated carbocycles. The molecule has 0 amide bonds. The zero-order valence-corrected chi connectivity index (χ0v) is 17.9. The molecule has 15 nitrogen and oxygen atoms in total. The third-order valence-corrected chi connectivity index (χ3v) is 5.66. The van der Waals surface area contributed by atoms with Gasteiger partial charge in [0.2, 0.25) is 0 Å². The molecule has 1 unspecified atom stereocenters. The van der Waals surface area contributed by atoms with Gasteiger partial charge < -0.3 is 44.5 Å². The summed E-state index contributed by atoms with van der Waals surface area (Å²) in [5.74, 6) is 0.0655. The van der Waals surface area contributed by atoms with Gasteiger partial charge in [-0.25, -0.2) is 15.0 Å². The van der Waals surface area contributed by atoms with E-state index in [1.165, 1.54) is 10.9 Å². The summed E-state index contributed by atoms with van der Waals surface area (Å²) < 4.78 is 35.7. The first-order valence-electron chi connectivity index (χ1n) is 7.12. The van der Waals surface area contributed by atoms with Gasteiger partial charge in [0, 0.05) is 0 Å². The number of anilines is 1. The number of phosphoric acid groups is 2. The van der Waals surface area contributed by atoms with Crippen molar-refractivity contribution in [3.8, 4) is 0 Å². The molecule has 1 saturated heterocycles. The molecule has 0 radical (unpaired) electrons. The number of aliphatic hydroxyl groups excluding tert-OH is 2. The number of hydrogen-bond donors (Lipinski definition) is 3. The molecule has 5 atom stereocenters. The van der Waals surface area contributed by atoms with E-state index in [2.05, 4.69) is 23.8 Å². The first-order valence-corrected chi connectivity index (χ1v) is 10.0. The second-order valence-electron chi connectivity index (χ2n) is 5.40. The van der Waals surface area contributed by atoms with Crippen LogP contribution in [-0.4, -0.2) is 54.7 Å². The van der Waals surface area contributed by atoms with Crippen molar-refractivity contribution >= 4 is 32.6 Å². The van der Waals surface area contributed by atoms with Crippen LogP contribution in [0.2, 0.25) is 0 Å². The average Bonchev–Trinajstić information content (AvgIpc) is 3.07. The number of nitrogen functional groups attached to an aromatic ring is 1. The van der Waals surface area contributed by atoms with Gasteiger partial charge in [-0.05, 0) is 0 Å². The monoisotopic (exact) mass is 447 g/mol. The van der Waals surface area contributed by atoms with Gasteiger partial charge >= 0.3 is 29.6 Å². The minimum absolute atomic E-state index is 0. The van der Waals surface area contributed by atoms with Gasteiger partial charge in [0.05, 0.1) is 20.8 Å². The van der Waals surface area contributed by atoms with Crippen LogP contribution in [0.15, 0.2) is 12.7 Å². The van der Waals surface area contributed by atoms with E-state index in [0.29, 0.717) is 0 Å². The summed E-state index contributed by atoms with van der Waals surface area (Å²) in [5.41, 5.74) is 6.04. The number of aromatic nitrogens is 4. The Morgan fingerprint density at radius 1 is 1.21 bits per heavy atom. The molecule has 1 aliphatic rings. The number of imidazole rings is 1. The fraction of sp³-hybridized carbons (Fsp3) is 0.500. The van der Waals surface area contributed by atoms with E-state index >= 15 is 0 Å². The van der Waals surface area contributed by atoms with Crippen molar-refractivity contribution in [1.29, 1.82) is 0 Å². The summed E-state index contributed by atoms with van der Waals surface area (Å²) in [6, 6.07) is 0. The fourth-order valence-corrected chi connectivity index (χ4v) is 3.96. The second-order valence-corrected chi connectivity index (χ2v) is 8.10. The molecule has 4 N–H and O–H groups in total. The molecule has 2 aromatic heterocycles. The first kappa shape index (κ1) is 23.8. The second kappa shape index (κ2) is 8.70. The van der Waals surface area contributed by atoms with Crippen molar-refractivity contribution in [1.82, 2.24) is 19.5 Å². The van der Waals surface area contributed by atoms with E-state index in [9.17, 15) is 34.0 Å². The van der Waals surface area contributed by atoms with Crippen LogP contribution in [0.1, 0.15) is 6.23 Å². The molecular weight excluding hydrogens is 435 g/mol. The zero-order valence-electron chi connectivity index (χ0n) is 14.1. The number of rotatable bonds is 6. The molecule has 0 bridgehead atoms. The molecule has 3 rings (SSSR count). The number of aliphatic hydroxyl groups is 2. The molecule has 2 aromatic rings. The maximum atomic E-state index is 11.3. The molecule has 150 valence electrons. The Bertz CT molecular complexity index is 938. The van der Waals surface area contributed by atoms with Crippen LogP contribution in [0.25, 0.3) is 11.2 Å². The molecule has 1 fully saturated rings. The van der Waals surface area contributed by atoms with Gasteiger partial charge in [-0.2, -0.15) is 0 Å². The summed E-state index contributed by atoms with van der Waals surface area (Å²) in [7, 11) is -11.4. The number of nitrogens with two attached hydrogens (primary N) is 1. The SMILES string of the molecule is Nc1ncnc2c1ncn2[C@@H]1O[C@H](COP(=O)([O-])OP(=O)([O-])[O-])[C@@H](O)[C@H]1O.[Na+]. The summed E-state index contributed by atoms with van der Waals surface area (Å²) >= 11 is 0. The molecule has 18 heteroatoms. The number of ether oxygens (including phenoxy) is 1. The predicted molar refractivity (Wildman–Crippen MR) is 77.9 cm³/mol. The van der Waals surface area contributed by atoms with E-state index in [4.69, 9.17) is 10.5 Å². The molecule has 3 heterocycles. The summed E-state index contributed by atoms with van der Waals surface area (Å²) in [5, 5.41) is 20.2. The van der Waals surface area contributed by atoms with Gasteiger partial charge in [-0.1, -0.05) is 0 Å². The van der Waals surface area contributed by atoms with Crippen LogP contribution in [-0.2, 0) is 22.7 Å². The van der Waals surface area contributed by atoms with Gasteiger partial charge in [0.1, 0.15) is 30.2 Å². The van der Waals surface area contributed by atoms with Crippen LogP contribution in [0.4, 0.5) is 5.82 Å². The van der Waals surface area contributed by atoms with Crippen molar-refractivity contribution in [2.45, 2.75) is 24.5 Å². The Morgan fingerprint density at radius 3 is 2.54 bits per heavy atom. The molecule has 0 aliphatic carbocycles. The number of hydrogen-bond acceptors (Lipinski definition) is 14. The Kier molecular flexibility index (Phi) is 7.38. The van der Waals surface area contributed by atoms with Crippen molar-refractivity contribution in [3.05, 3.63) is 12.7 Å². The van der Waals surface area contributed by atoms with Gasteiger partial charge in [-0.3, -0.25) is 13.4 Å². The third-order valence-electron chi connectivity index (χ3n) is 3.60. The third kappa shape index (κ3) is 5.15. The van der Waals surface area contributed by atoms with E-state index < -0.39 is 46.8 Å². The van der Waals surface area contributed by atoms with Gasteiger partial charge in [0.15, 0.2) is 17.7 Å². The van der Waals surface area contributed by atoms with Crippen LogP contribution in [0, 0.1) is 0 Å². The van der Waals surface area contributed by atoms with E-state index in [1.807, 2.05) is 0 Å². The quantitative estimate of drug-likeness (QED) is 0.275. The number of fused-ring (bicyclic) bond motifs is 1. The first-order chi connectivity index (χ1) is 12.5. The van der Waals surface area contributed by atoms with Crippen LogP contribution >= 0.6 is 15.6 Å². The zero-order chi connectivity index (χ0) is 20.0. The fourth-order valence-electron chi connectivity index (χ4n) is 2.46. The molecule has 28 heavy (non-hydrogen) atoms. The smallest absolute Gasteiger partial charge is 0.790 e. The van der Waals surface area contributed by atoms with Gasteiger partial charge in [-0.15, -0.1) is 0 Å². The molecule has 0 aromatic carbocycles. The van der Waals surface area contributed by atoms with Crippen molar-refractivity contribution in [2.75, 3.05) is 12.3 Å². The van der Waals surface area contributed by atoms with Gasteiger partial charge in [0.25, 0.3) is 7.82 Å². The molecular formula is C10H12N5NaO10P2-2. The normalized spacial score (nSPS) is 27.5. The number of nitrogens with zero attached hydrogens (tertiary/aromatic N) is 4. The standard InChI is InChI=1S/C10H15N5O10P2.Na/c11-8-5-9(13-2-12-8)15(3-14-5)10-7(17)6(16)4(24-10)1-23-27(21,22)25-26(18,19)20;/h2-4,6-7,10,16-17H,1H2,(H,21,22)(H2,11,12,13)(H2,18,19,20);/q;+1/p-3/t4-,6-,7-,10-;/m1./s1. The Hall–Kier alpha value is -0.510. The van der Waals surface area contributed by atoms with Crippen LogP contribution in [0.3, 0.4) is 0 Å². The Morgan fingerprint density at radius 2 is 1.89 bits per heavy atom. The minimum Gasteiger partial charge on any atom is -0.790 e. The van der Waals surface area contributed by atoms with Crippen molar-refractivity contribution < 1.29 is 77.2 Å². The number of phosphoric ester groups is 1. The largest absolute Gasteiger partial charge is 1.00 e. The average molecular weight is 447 g/mol. The van der Waals surface area contributed by atoms with Crippen molar-refractivity contribution in [3.63, 3.8) is 0 Å². The van der Waals surface area contributed by atoms with E-state index in [1.54, 1.807) is 0 Å². The maximum Gasteiger partial charge on any atom is 1.00 e. The summed E-state index contributed by atoms with van der Waals surface area (Å²) in [6.07, 6.45) is -3.48. The topological polar surface area (TPSA) is 241 Å². The van der Waals surface area contributed by atoms with E-state index in [0.717, 1.165) is 6.33 Å².